The van der Waals surface area contributed by atoms with E-state index in [-0.39, 0.29) is 23.9 Å². The summed E-state index contributed by atoms with van der Waals surface area (Å²) in [6.45, 7) is 7.45. The third kappa shape index (κ3) is 4.70. The predicted octanol–water partition coefficient (Wildman–Crippen LogP) is 4.50. The molecule has 0 atom stereocenters. The molecular formula is C29H33N5O2. The third-order valence-corrected chi connectivity index (χ3v) is 7.22. The van der Waals surface area contributed by atoms with Crippen molar-refractivity contribution in [2.24, 2.45) is 5.92 Å². The first-order chi connectivity index (χ1) is 17.4. The maximum Gasteiger partial charge on any atom is 0.293 e. The Kier molecular flexibility index (Phi) is 6.72. The maximum absolute atomic E-state index is 13.6. The summed E-state index contributed by atoms with van der Waals surface area (Å²) in [5, 5.41) is 9.93. The molecule has 0 radical (unpaired) electrons. The Balaban J connectivity index is 1.39. The lowest BCUT2D eigenvalue weighted by Crippen LogP contribution is -2.42. The Morgan fingerprint density at radius 1 is 1.03 bits per heavy atom. The van der Waals surface area contributed by atoms with Gasteiger partial charge in [-0.2, -0.15) is 10.2 Å². The Bertz CT molecular complexity index is 1430. The summed E-state index contributed by atoms with van der Waals surface area (Å²) < 4.78 is 3.03. The van der Waals surface area contributed by atoms with Crippen LogP contribution in [0.5, 0.6) is 0 Å². The normalized spacial score (nSPS) is 14.6. The number of amides is 1. The van der Waals surface area contributed by atoms with Gasteiger partial charge in [0.15, 0.2) is 0 Å². The molecule has 36 heavy (non-hydrogen) atoms. The van der Waals surface area contributed by atoms with Crippen molar-refractivity contribution in [1.82, 2.24) is 24.5 Å². The van der Waals surface area contributed by atoms with Crippen LogP contribution in [0.25, 0.3) is 16.6 Å². The Labute approximate surface area is 211 Å². The molecule has 1 fully saturated rings. The lowest BCUT2D eigenvalue weighted by atomic mass is 9.90. The van der Waals surface area contributed by atoms with Crippen LogP contribution in [-0.2, 0) is 17.8 Å². The van der Waals surface area contributed by atoms with Gasteiger partial charge in [-0.25, -0.2) is 9.36 Å². The Hall–Kier alpha value is -3.74. The van der Waals surface area contributed by atoms with Crippen LogP contribution in [0.1, 0.15) is 49.4 Å². The van der Waals surface area contributed by atoms with Crippen LogP contribution in [0.15, 0.2) is 65.6 Å². The fraction of sp³-hybridized carbons (Fsp3) is 0.379. The number of hydrogen-bond donors (Lipinski definition) is 0. The molecule has 1 saturated heterocycles. The molecule has 1 amide bonds. The van der Waals surface area contributed by atoms with Crippen molar-refractivity contribution in [2.45, 2.75) is 52.5 Å². The van der Waals surface area contributed by atoms with E-state index in [0.29, 0.717) is 24.5 Å². The van der Waals surface area contributed by atoms with Crippen LogP contribution in [-0.4, -0.2) is 43.5 Å². The smallest absolute Gasteiger partial charge is 0.293 e. The minimum absolute atomic E-state index is 0.0567. The van der Waals surface area contributed by atoms with Crippen molar-refractivity contribution < 1.29 is 4.79 Å². The first-order valence-corrected chi connectivity index (χ1v) is 12.8. The second-order valence-corrected chi connectivity index (χ2v) is 10.1. The van der Waals surface area contributed by atoms with E-state index in [1.165, 1.54) is 10.2 Å². The van der Waals surface area contributed by atoms with Gasteiger partial charge in [0.05, 0.1) is 17.6 Å². The first-order valence-electron chi connectivity index (χ1n) is 12.8. The van der Waals surface area contributed by atoms with Crippen LogP contribution < -0.4 is 5.56 Å². The van der Waals surface area contributed by atoms with Gasteiger partial charge in [0, 0.05) is 18.5 Å². The van der Waals surface area contributed by atoms with Crippen LogP contribution >= 0.6 is 0 Å². The molecule has 2 aromatic carbocycles. The molecule has 1 aliphatic heterocycles. The number of nitrogens with zero attached hydrogens (tertiary/aromatic N) is 5. The minimum atomic E-state index is -0.289. The number of hydrogen-bond acceptors (Lipinski definition) is 4. The number of piperidine rings is 1. The van der Waals surface area contributed by atoms with Crippen LogP contribution in [0, 0.1) is 12.8 Å². The van der Waals surface area contributed by atoms with Crippen molar-refractivity contribution >= 4 is 16.8 Å². The maximum atomic E-state index is 13.6. The average molecular weight is 484 g/mol. The number of carbonyl (C=O) groups excluding carboxylic acids is 1. The van der Waals surface area contributed by atoms with Crippen molar-refractivity contribution in [3.05, 3.63) is 88.0 Å². The fourth-order valence-corrected chi connectivity index (χ4v) is 5.17. The van der Waals surface area contributed by atoms with Crippen molar-refractivity contribution in [2.75, 3.05) is 13.1 Å². The van der Waals surface area contributed by atoms with Gasteiger partial charge >= 0.3 is 0 Å². The van der Waals surface area contributed by atoms with Crippen molar-refractivity contribution in [3.63, 3.8) is 0 Å². The summed E-state index contributed by atoms with van der Waals surface area (Å²) in [7, 11) is 0. The molecule has 0 spiro atoms. The molecule has 0 N–H and O–H groups in total. The van der Waals surface area contributed by atoms with Crippen LogP contribution in [0.2, 0.25) is 0 Å². The topological polar surface area (TPSA) is 73.0 Å². The van der Waals surface area contributed by atoms with E-state index in [4.69, 9.17) is 0 Å². The van der Waals surface area contributed by atoms with Gasteiger partial charge in [0.25, 0.3) is 5.56 Å². The van der Waals surface area contributed by atoms with Gasteiger partial charge in [-0.15, -0.1) is 0 Å². The Morgan fingerprint density at radius 3 is 2.42 bits per heavy atom. The summed E-state index contributed by atoms with van der Waals surface area (Å²) in [5.41, 5.74) is 4.17. The summed E-state index contributed by atoms with van der Waals surface area (Å²) in [6, 6.07) is 18.4. The SMILES string of the molecule is Cc1ccccc1-n1ncc2c(C(C)C)nn(CC(=O)N3CCC(Cc4ccccc4)CC3)c(=O)c21. The summed E-state index contributed by atoms with van der Waals surface area (Å²) in [5.74, 6) is 0.598. The number of rotatable bonds is 6. The highest BCUT2D eigenvalue weighted by Gasteiger charge is 2.25. The van der Waals surface area contributed by atoms with Crippen molar-refractivity contribution in [1.29, 1.82) is 0 Å². The monoisotopic (exact) mass is 483 g/mol. The quantitative estimate of drug-likeness (QED) is 0.405. The molecule has 0 bridgehead atoms. The van der Waals surface area contributed by atoms with E-state index in [1.54, 1.807) is 10.9 Å². The first kappa shape index (κ1) is 24.0. The molecule has 0 aliphatic carbocycles. The second kappa shape index (κ2) is 10.1. The molecule has 186 valence electrons. The average Bonchev–Trinajstić information content (AvgIpc) is 3.32. The number of carbonyl (C=O) groups is 1. The largest absolute Gasteiger partial charge is 0.341 e. The zero-order valence-corrected chi connectivity index (χ0v) is 21.2. The molecule has 0 unspecified atom stereocenters. The van der Waals surface area contributed by atoms with E-state index < -0.39 is 0 Å². The molecule has 0 saturated carbocycles. The summed E-state index contributed by atoms with van der Waals surface area (Å²) in [6.07, 6.45) is 4.70. The van der Waals surface area contributed by atoms with Crippen LogP contribution in [0.4, 0.5) is 0 Å². The van der Waals surface area contributed by atoms with Gasteiger partial charge in [0.1, 0.15) is 12.1 Å². The molecule has 3 heterocycles. The highest BCUT2D eigenvalue weighted by atomic mass is 16.2. The highest BCUT2D eigenvalue weighted by molar-refractivity contribution is 5.83. The lowest BCUT2D eigenvalue weighted by Gasteiger charge is -2.32. The third-order valence-electron chi connectivity index (χ3n) is 7.22. The molecule has 2 aromatic heterocycles. The number of aryl methyl sites for hydroxylation is 1. The van der Waals surface area contributed by atoms with Gasteiger partial charge in [-0.1, -0.05) is 62.4 Å². The number of para-hydroxylation sites is 1. The van der Waals surface area contributed by atoms with Gasteiger partial charge in [-0.3, -0.25) is 9.59 Å². The molecule has 7 nitrogen and oxygen atoms in total. The van der Waals surface area contributed by atoms with Gasteiger partial charge < -0.3 is 4.90 Å². The zero-order valence-electron chi connectivity index (χ0n) is 21.2. The predicted molar refractivity (Wildman–Crippen MR) is 141 cm³/mol. The zero-order chi connectivity index (χ0) is 25.2. The van der Waals surface area contributed by atoms with Crippen LogP contribution in [0.3, 0.4) is 0 Å². The van der Waals surface area contributed by atoms with E-state index >= 15 is 0 Å². The minimum Gasteiger partial charge on any atom is -0.341 e. The highest BCUT2D eigenvalue weighted by Crippen LogP contribution is 2.25. The molecule has 7 heteroatoms. The summed E-state index contributed by atoms with van der Waals surface area (Å²) in [4.78, 5) is 28.7. The summed E-state index contributed by atoms with van der Waals surface area (Å²) >= 11 is 0. The fourth-order valence-electron chi connectivity index (χ4n) is 5.17. The number of benzene rings is 2. The Morgan fingerprint density at radius 2 is 1.72 bits per heavy atom. The van der Waals surface area contributed by atoms with Gasteiger partial charge in [-0.05, 0) is 55.2 Å². The molecule has 4 aromatic rings. The lowest BCUT2D eigenvalue weighted by molar-refractivity contribution is -0.133. The number of aromatic nitrogens is 4. The van der Waals surface area contributed by atoms with Gasteiger partial charge in [0.2, 0.25) is 5.91 Å². The molecule has 5 rings (SSSR count). The molecular weight excluding hydrogens is 450 g/mol. The number of likely N-dealkylation sites (tertiary alicyclic amines) is 1. The van der Waals surface area contributed by atoms with Crippen molar-refractivity contribution in [3.8, 4) is 5.69 Å². The standard InChI is InChI=1S/C29H33N5O2/c1-20(2)27-24-18-30-34(25-12-8-7-9-21(25)3)28(24)29(36)33(31-27)19-26(35)32-15-13-23(14-16-32)17-22-10-5-4-6-11-22/h4-12,18,20,23H,13-17,19H2,1-3H3. The van der Waals surface area contributed by atoms with E-state index in [1.807, 2.05) is 56.0 Å². The van der Waals surface area contributed by atoms with E-state index in [9.17, 15) is 9.59 Å². The van der Waals surface area contributed by atoms with E-state index in [0.717, 1.165) is 41.6 Å². The molecule has 1 aliphatic rings. The van der Waals surface area contributed by atoms with E-state index in [2.05, 4.69) is 34.5 Å². The number of fused-ring (bicyclic) bond motifs is 1. The second-order valence-electron chi connectivity index (χ2n) is 10.1.